The van der Waals surface area contributed by atoms with Gasteiger partial charge in [0.05, 0.1) is 0 Å². The maximum atomic E-state index is 13.4. The highest BCUT2D eigenvalue weighted by Crippen LogP contribution is 2.39. The second-order valence-electron chi connectivity index (χ2n) is 10.4. The predicted molar refractivity (Wildman–Crippen MR) is 125 cm³/mol. The van der Waals surface area contributed by atoms with Crippen LogP contribution in [0.3, 0.4) is 0 Å². The van der Waals surface area contributed by atoms with Crippen molar-refractivity contribution in [2.45, 2.75) is 38.8 Å². The number of anilines is 1. The average molecular weight is 494 g/mol. The normalized spacial score (nSPS) is 21.2. The minimum Gasteiger partial charge on any atom is -0.354 e. The number of nitrogens with one attached hydrogen (secondary N) is 1. The molecule has 1 amide bonds. The Labute approximate surface area is 202 Å². The molecular formula is C25H31F4N5O. The van der Waals surface area contributed by atoms with Gasteiger partial charge >= 0.3 is 6.18 Å². The molecule has 2 aliphatic rings. The highest BCUT2D eigenvalue weighted by molar-refractivity contribution is 5.94. The zero-order valence-corrected chi connectivity index (χ0v) is 20.2. The Bertz CT molecular complexity index is 1010. The second-order valence-corrected chi connectivity index (χ2v) is 10.4. The lowest BCUT2D eigenvalue weighted by molar-refractivity contribution is -0.141. The molecule has 1 aromatic carbocycles. The lowest BCUT2D eigenvalue weighted by atomic mass is 9.95. The highest BCUT2D eigenvalue weighted by atomic mass is 19.4. The van der Waals surface area contributed by atoms with E-state index >= 15 is 0 Å². The molecule has 2 unspecified atom stereocenters. The van der Waals surface area contributed by atoms with Gasteiger partial charge in [-0.15, -0.1) is 0 Å². The van der Waals surface area contributed by atoms with E-state index in [9.17, 15) is 22.4 Å². The summed E-state index contributed by atoms with van der Waals surface area (Å²) in [4.78, 5) is 24.6. The van der Waals surface area contributed by atoms with E-state index in [4.69, 9.17) is 0 Å². The van der Waals surface area contributed by atoms with Crippen molar-refractivity contribution in [3.05, 3.63) is 53.2 Å². The Morgan fingerprint density at radius 1 is 1.03 bits per heavy atom. The summed E-state index contributed by atoms with van der Waals surface area (Å²) in [5.74, 6) is 0.820. The maximum Gasteiger partial charge on any atom is 0.433 e. The van der Waals surface area contributed by atoms with Crippen LogP contribution in [0.5, 0.6) is 0 Å². The number of nitrogens with zero attached hydrogens (tertiary/aromatic N) is 4. The fourth-order valence-corrected chi connectivity index (χ4v) is 4.28. The van der Waals surface area contributed by atoms with Crippen LogP contribution in [0.4, 0.5) is 23.4 Å². The van der Waals surface area contributed by atoms with Crippen molar-refractivity contribution < 1.29 is 22.4 Å². The molecule has 0 radical (unpaired) electrons. The number of halogens is 4. The van der Waals surface area contributed by atoms with Crippen LogP contribution in [-0.4, -0.2) is 60.0 Å². The topological polar surface area (TPSA) is 61.4 Å². The Balaban J connectivity index is 1.27. The minimum absolute atomic E-state index is 0.188. The summed E-state index contributed by atoms with van der Waals surface area (Å²) in [6.07, 6.45) is -3.49. The van der Waals surface area contributed by atoms with Crippen LogP contribution in [-0.2, 0) is 11.6 Å². The predicted octanol–water partition coefficient (Wildman–Crippen LogP) is 4.12. The van der Waals surface area contributed by atoms with Crippen molar-refractivity contribution in [2.75, 3.05) is 44.2 Å². The molecular weight excluding hydrogens is 462 g/mol. The molecule has 0 spiro atoms. The quantitative estimate of drug-likeness (QED) is 0.614. The average Bonchev–Trinajstić information content (AvgIpc) is 3.54. The SMILES string of the molecule is CC(C)(C)c1nc(N2CCN(CC3CC3CNC(=O)c3ccc(F)cc3)CC2)cc(C(F)(F)F)n1. The van der Waals surface area contributed by atoms with Gasteiger partial charge < -0.3 is 10.2 Å². The van der Waals surface area contributed by atoms with Gasteiger partial charge in [-0.1, -0.05) is 20.8 Å². The summed E-state index contributed by atoms with van der Waals surface area (Å²) < 4.78 is 53.3. The molecule has 1 aliphatic carbocycles. The Morgan fingerprint density at radius 3 is 2.29 bits per heavy atom. The fourth-order valence-electron chi connectivity index (χ4n) is 4.28. The van der Waals surface area contributed by atoms with Crippen LogP contribution in [0.2, 0.25) is 0 Å². The van der Waals surface area contributed by atoms with E-state index in [1.165, 1.54) is 24.3 Å². The number of amides is 1. The van der Waals surface area contributed by atoms with Crippen molar-refractivity contribution in [3.8, 4) is 0 Å². The van der Waals surface area contributed by atoms with Gasteiger partial charge in [-0.3, -0.25) is 9.69 Å². The van der Waals surface area contributed by atoms with Crippen LogP contribution in [0, 0.1) is 17.7 Å². The third kappa shape index (κ3) is 6.48. The van der Waals surface area contributed by atoms with E-state index in [2.05, 4.69) is 20.2 Å². The fraction of sp³-hybridized carbons (Fsp3) is 0.560. The first-order chi connectivity index (χ1) is 16.4. The van der Waals surface area contributed by atoms with Gasteiger partial charge in [-0.25, -0.2) is 14.4 Å². The van der Waals surface area contributed by atoms with Crippen LogP contribution in [0.15, 0.2) is 30.3 Å². The second kappa shape index (κ2) is 9.72. The molecule has 35 heavy (non-hydrogen) atoms. The molecule has 1 N–H and O–H groups in total. The first-order valence-corrected chi connectivity index (χ1v) is 11.9. The number of alkyl halides is 3. The summed E-state index contributed by atoms with van der Waals surface area (Å²) in [6.45, 7) is 9.55. The van der Waals surface area contributed by atoms with Gasteiger partial charge in [0.2, 0.25) is 0 Å². The molecule has 2 aromatic rings. The zero-order valence-electron chi connectivity index (χ0n) is 20.2. The number of rotatable bonds is 6. The van der Waals surface area contributed by atoms with Crippen LogP contribution < -0.4 is 10.2 Å². The lowest BCUT2D eigenvalue weighted by Gasteiger charge is -2.36. The van der Waals surface area contributed by atoms with Gasteiger partial charge in [0.15, 0.2) is 0 Å². The first-order valence-electron chi connectivity index (χ1n) is 11.9. The monoisotopic (exact) mass is 493 g/mol. The summed E-state index contributed by atoms with van der Waals surface area (Å²) in [5, 5.41) is 2.92. The van der Waals surface area contributed by atoms with E-state index in [0.29, 0.717) is 42.9 Å². The van der Waals surface area contributed by atoms with E-state index in [-0.39, 0.29) is 17.5 Å². The molecule has 190 valence electrons. The molecule has 2 fully saturated rings. The molecule has 1 aromatic heterocycles. The van der Waals surface area contributed by atoms with Crippen molar-refractivity contribution in [3.63, 3.8) is 0 Å². The van der Waals surface area contributed by atoms with Gasteiger partial charge in [-0.05, 0) is 42.5 Å². The number of hydrogen-bond donors (Lipinski definition) is 1. The number of carbonyl (C=O) groups excluding carboxylic acids is 1. The largest absolute Gasteiger partial charge is 0.433 e. The molecule has 4 rings (SSSR count). The summed E-state index contributed by atoms with van der Waals surface area (Å²) in [7, 11) is 0. The molecule has 10 heteroatoms. The summed E-state index contributed by atoms with van der Waals surface area (Å²) in [5.41, 5.74) is -1.06. The molecule has 0 bridgehead atoms. The van der Waals surface area contributed by atoms with Crippen molar-refractivity contribution in [1.82, 2.24) is 20.2 Å². The van der Waals surface area contributed by atoms with Crippen LogP contribution in [0.25, 0.3) is 0 Å². The maximum absolute atomic E-state index is 13.4. The van der Waals surface area contributed by atoms with Crippen molar-refractivity contribution in [1.29, 1.82) is 0 Å². The number of piperazine rings is 1. The Hall–Kier alpha value is -2.75. The molecule has 1 saturated heterocycles. The smallest absolute Gasteiger partial charge is 0.354 e. The Morgan fingerprint density at radius 2 is 1.69 bits per heavy atom. The van der Waals surface area contributed by atoms with Crippen LogP contribution >= 0.6 is 0 Å². The van der Waals surface area contributed by atoms with Gasteiger partial charge in [0, 0.05) is 56.3 Å². The molecule has 1 aliphatic heterocycles. The van der Waals surface area contributed by atoms with Crippen molar-refractivity contribution >= 4 is 11.7 Å². The number of aromatic nitrogens is 2. The summed E-state index contributed by atoms with van der Waals surface area (Å²) >= 11 is 0. The van der Waals surface area contributed by atoms with Gasteiger partial charge in [0.1, 0.15) is 23.2 Å². The molecule has 1 saturated carbocycles. The number of carbonyl (C=O) groups is 1. The highest BCUT2D eigenvalue weighted by Gasteiger charge is 2.39. The minimum atomic E-state index is -4.52. The third-order valence-electron chi connectivity index (χ3n) is 6.56. The lowest BCUT2D eigenvalue weighted by Crippen LogP contribution is -2.47. The van der Waals surface area contributed by atoms with E-state index in [1.807, 2.05) is 4.90 Å². The molecule has 6 nitrogen and oxygen atoms in total. The molecule has 2 heterocycles. The molecule has 2 atom stereocenters. The Kier molecular flexibility index (Phi) is 7.04. The van der Waals surface area contributed by atoms with Crippen molar-refractivity contribution in [2.24, 2.45) is 11.8 Å². The van der Waals surface area contributed by atoms with E-state index in [1.54, 1.807) is 20.8 Å². The van der Waals surface area contributed by atoms with Gasteiger partial charge in [0.25, 0.3) is 5.91 Å². The standard InChI is InChI=1S/C25H31F4N5O/c1-24(2,3)23-31-20(25(27,28)29)13-21(32-23)34-10-8-33(9-11-34)15-18-12-17(18)14-30-22(35)16-4-6-19(26)7-5-16/h4-7,13,17-18H,8-12,14-15H2,1-3H3,(H,30,35). The van der Waals surface area contributed by atoms with E-state index < -0.39 is 17.3 Å². The van der Waals surface area contributed by atoms with Crippen LogP contribution in [0.1, 0.15) is 49.1 Å². The third-order valence-corrected chi connectivity index (χ3v) is 6.56. The summed E-state index contributed by atoms with van der Waals surface area (Å²) in [6, 6.07) is 6.52. The zero-order chi connectivity index (χ0) is 25.4. The van der Waals surface area contributed by atoms with E-state index in [0.717, 1.165) is 32.1 Å². The number of benzene rings is 1. The van der Waals surface area contributed by atoms with Gasteiger partial charge in [-0.2, -0.15) is 13.2 Å². The first kappa shape index (κ1) is 25.3. The number of hydrogen-bond acceptors (Lipinski definition) is 5.